The van der Waals surface area contributed by atoms with Crippen LogP contribution in [0.15, 0.2) is 0 Å². The number of hydrogen-bond acceptors (Lipinski definition) is 2. The van der Waals surface area contributed by atoms with Gasteiger partial charge >= 0.3 is 0 Å². The van der Waals surface area contributed by atoms with Crippen LogP contribution in [-0.4, -0.2) is 24.6 Å². The van der Waals surface area contributed by atoms with E-state index in [2.05, 4.69) is 32.3 Å². The molecule has 0 aromatic heterocycles. The molecule has 0 saturated heterocycles. The van der Waals surface area contributed by atoms with Crippen LogP contribution in [0.5, 0.6) is 0 Å². The van der Waals surface area contributed by atoms with Crippen LogP contribution in [0.2, 0.25) is 0 Å². The van der Waals surface area contributed by atoms with Gasteiger partial charge in [0.05, 0.1) is 0 Å². The fourth-order valence-corrected chi connectivity index (χ4v) is 1.78. The third kappa shape index (κ3) is 5.90. The highest BCUT2D eigenvalue weighted by Crippen LogP contribution is 2.12. The molecule has 0 aromatic carbocycles. The van der Waals surface area contributed by atoms with Gasteiger partial charge in [-0.05, 0) is 44.2 Å². The van der Waals surface area contributed by atoms with Gasteiger partial charge < -0.3 is 5.32 Å². The van der Waals surface area contributed by atoms with E-state index in [4.69, 9.17) is 0 Å². The van der Waals surface area contributed by atoms with E-state index < -0.39 is 0 Å². The minimum Gasteiger partial charge on any atom is -0.314 e. The van der Waals surface area contributed by atoms with Crippen LogP contribution in [0, 0.1) is 5.92 Å². The first-order valence-corrected chi connectivity index (χ1v) is 6.34. The number of nitrogens with one attached hydrogen (secondary N) is 1. The maximum Gasteiger partial charge on any atom is 0.00642 e. The number of hydrogen-bond donors (Lipinski definition) is 1. The first-order valence-electron chi connectivity index (χ1n) is 4.94. The van der Waals surface area contributed by atoms with Crippen LogP contribution in [-0.2, 0) is 0 Å². The lowest BCUT2D eigenvalue weighted by molar-refractivity contribution is 0.384. The molecule has 0 aliphatic carbocycles. The molecule has 0 spiro atoms. The summed E-state index contributed by atoms with van der Waals surface area (Å²) in [5, 5.41) is 3.47. The highest BCUT2D eigenvalue weighted by Gasteiger charge is 2.09. The second-order valence-corrected chi connectivity index (χ2v) is 4.44. The molecule has 0 fully saturated rings. The molecule has 12 heavy (non-hydrogen) atoms. The van der Waals surface area contributed by atoms with Crippen molar-refractivity contribution in [3.05, 3.63) is 0 Å². The molecule has 0 bridgehead atoms. The number of rotatable bonds is 7. The van der Waals surface area contributed by atoms with Crippen molar-refractivity contribution >= 4 is 11.8 Å². The molecule has 0 aliphatic rings. The van der Waals surface area contributed by atoms with Crippen molar-refractivity contribution in [1.82, 2.24) is 5.32 Å². The predicted octanol–water partition coefficient (Wildman–Crippen LogP) is 2.76. The van der Waals surface area contributed by atoms with Gasteiger partial charge in [-0.2, -0.15) is 11.8 Å². The van der Waals surface area contributed by atoms with E-state index in [1.54, 1.807) is 0 Å². The molecule has 2 heteroatoms. The maximum atomic E-state index is 3.47. The van der Waals surface area contributed by atoms with Gasteiger partial charge in [-0.3, -0.25) is 0 Å². The summed E-state index contributed by atoms with van der Waals surface area (Å²) in [7, 11) is 0. The van der Waals surface area contributed by atoms with Crippen molar-refractivity contribution in [1.29, 1.82) is 0 Å². The lowest BCUT2D eigenvalue weighted by atomic mass is 9.98. The Morgan fingerprint density at radius 1 is 1.33 bits per heavy atom. The van der Waals surface area contributed by atoms with E-state index in [9.17, 15) is 0 Å². The molecule has 74 valence electrons. The lowest BCUT2D eigenvalue weighted by Gasteiger charge is -2.20. The quantitative estimate of drug-likeness (QED) is 0.618. The molecule has 2 atom stereocenters. The van der Waals surface area contributed by atoms with Crippen LogP contribution in [0.3, 0.4) is 0 Å². The second-order valence-electron chi connectivity index (χ2n) is 3.46. The van der Waals surface area contributed by atoms with Crippen LogP contribution < -0.4 is 5.32 Å². The molecule has 2 unspecified atom stereocenters. The summed E-state index contributed by atoms with van der Waals surface area (Å²) in [6.07, 6.45) is 4.89. The average Bonchev–Trinajstić information content (AvgIpc) is 2.05. The Labute approximate surface area is 81.7 Å². The molecule has 1 N–H and O–H groups in total. The standard InChI is InChI=1S/C10H23NS/c1-5-11-10(3)9(2)7-6-8-12-4/h9-11H,5-8H2,1-4H3. The monoisotopic (exact) mass is 189 g/mol. The fourth-order valence-electron chi connectivity index (χ4n) is 1.32. The minimum absolute atomic E-state index is 0.678. The van der Waals surface area contributed by atoms with Gasteiger partial charge in [-0.25, -0.2) is 0 Å². The molecule has 0 aromatic rings. The second kappa shape index (κ2) is 7.93. The van der Waals surface area contributed by atoms with Crippen molar-refractivity contribution in [2.75, 3.05) is 18.6 Å². The average molecular weight is 189 g/mol. The van der Waals surface area contributed by atoms with E-state index in [-0.39, 0.29) is 0 Å². The van der Waals surface area contributed by atoms with Gasteiger partial charge in [0.25, 0.3) is 0 Å². The van der Waals surface area contributed by atoms with E-state index in [0.717, 1.165) is 12.5 Å². The Morgan fingerprint density at radius 3 is 2.50 bits per heavy atom. The predicted molar refractivity (Wildman–Crippen MR) is 59.9 cm³/mol. The summed E-state index contributed by atoms with van der Waals surface area (Å²) >= 11 is 1.95. The van der Waals surface area contributed by atoms with Crippen molar-refractivity contribution in [2.45, 2.75) is 39.7 Å². The van der Waals surface area contributed by atoms with E-state index >= 15 is 0 Å². The summed E-state index contributed by atoms with van der Waals surface area (Å²) < 4.78 is 0. The normalized spacial score (nSPS) is 16.0. The number of thioether (sulfide) groups is 1. The zero-order valence-electron chi connectivity index (χ0n) is 8.89. The zero-order chi connectivity index (χ0) is 9.40. The molecular weight excluding hydrogens is 166 g/mol. The molecule has 0 heterocycles. The van der Waals surface area contributed by atoms with Crippen LogP contribution in [0.4, 0.5) is 0 Å². The Kier molecular flexibility index (Phi) is 8.14. The van der Waals surface area contributed by atoms with Crippen LogP contribution in [0.1, 0.15) is 33.6 Å². The first kappa shape index (κ1) is 12.3. The topological polar surface area (TPSA) is 12.0 Å². The largest absolute Gasteiger partial charge is 0.314 e. The smallest absolute Gasteiger partial charge is 0.00642 e. The SMILES string of the molecule is CCNC(C)C(C)CCCSC. The lowest BCUT2D eigenvalue weighted by Crippen LogP contribution is -2.31. The van der Waals surface area contributed by atoms with Gasteiger partial charge in [0, 0.05) is 6.04 Å². The summed E-state index contributed by atoms with van der Waals surface area (Å²) in [6.45, 7) is 7.89. The highest BCUT2D eigenvalue weighted by molar-refractivity contribution is 7.98. The molecule has 0 radical (unpaired) electrons. The third-order valence-corrected chi connectivity index (χ3v) is 3.08. The van der Waals surface area contributed by atoms with Crippen molar-refractivity contribution in [2.24, 2.45) is 5.92 Å². The Balaban J connectivity index is 3.35. The molecular formula is C10H23NS. The molecule has 0 amide bonds. The first-order chi connectivity index (χ1) is 5.72. The summed E-state index contributed by atoms with van der Waals surface area (Å²) in [5.41, 5.74) is 0. The van der Waals surface area contributed by atoms with Crippen molar-refractivity contribution in [3.8, 4) is 0 Å². The molecule has 0 saturated carbocycles. The maximum absolute atomic E-state index is 3.47. The minimum atomic E-state index is 0.678. The van der Waals surface area contributed by atoms with Gasteiger partial charge in [0.1, 0.15) is 0 Å². The molecule has 0 aliphatic heterocycles. The molecule has 1 nitrogen and oxygen atoms in total. The molecule has 0 rings (SSSR count). The van der Waals surface area contributed by atoms with E-state index in [1.165, 1.54) is 18.6 Å². The zero-order valence-corrected chi connectivity index (χ0v) is 9.71. The van der Waals surface area contributed by atoms with E-state index in [1.807, 2.05) is 11.8 Å². The third-order valence-electron chi connectivity index (χ3n) is 2.39. The van der Waals surface area contributed by atoms with Crippen molar-refractivity contribution < 1.29 is 0 Å². The Bertz CT molecular complexity index is 95.8. The fraction of sp³-hybridized carbons (Fsp3) is 1.00. The van der Waals surface area contributed by atoms with Gasteiger partial charge in [0.2, 0.25) is 0 Å². The van der Waals surface area contributed by atoms with Gasteiger partial charge in [-0.15, -0.1) is 0 Å². The van der Waals surface area contributed by atoms with Crippen LogP contribution >= 0.6 is 11.8 Å². The van der Waals surface area contributed by atoms with Gasteiger partial charge in [0.15, 0.2) is 0 Å². The Morgan fingerprint density at radius 2 is 2.00 bits per heavy atom. The highest BCUT2D eigenvalue weighted by atomic mass is 32.2. The summed E-state index contributed by atoms with van der Waals surface area (Å²) in [4.78, 5) is 0. The summed E-state index contributed by atoms with van der Waals surface area (Å²) in [5.74, 6) is 2.13. The van der Waals surface area contributed by atoms with Crippen molar-refractivity contribution in [3.63, 3.8) is 0 Å². The Hall–Kier alpha value is 0.310. The van der Waals surface area contributed by atoms with Crippen LogP contribution in [0.25, 0.3) is 0 Å². The van der Waals surface area contributed by atoms with E-state index in [0.29, 0.717) is 6.04 Å². The summed E-state index contributed by atoms with van der Waals surface area (Å²) in [6, 6.07) is 0.678. The van der Waals surface area contributed by atoms with Gasteiger partial charge in [-0.1, -0.05) is 13.8 Å².